The fourth-order valence-corrected chi connectivity index (χ4v) is 3.21. The van der Waals surface area contributed by atoms with Gasteiger partial charge in [0.2, 0.25) is 5.91 Å². The largest absolute Gasteiger partial charge is 0.497 e. The number of ketones is 1. The number of rotatable bonds is 6. The molecule has 1 heterocycles. The molecule has 3 rings (SSSR count). The maximum Gasteiger partial charge on any atom is 0.223 e. The van der Waals surface area contributed by atoms with Crippen LogP contribution in [0.5, 0.6) is 5.75 Å². The maximum absolute atomic E-state index is 13.6. The van der Waals surface area contributed by atoms with Crippen LogP contribution in [0.15, 0.2) is 48.5 Å². The van der Waals surface area contributed by atoms with Crippen molar-refractivity contribution in [2.24, 2.45) is 0 Å². The van der Waals surface area contributed by atoms with Crippen molar-refractivity contribution in [1.82, 2.24) is 4.90 Å². The van der Waals surface area contributed by atoms with E-state index in [1.165, 1.54) is 12.1 Å². The van der Waals surface area contributed by atoms with E-state index in [2.05, 4.69) is 4.90 Å². The third-order valence-electron chi connectivity index (χ3n) is 4.81. The van der Waals surface area contributed by atoms with Crippen LogP contribution in [0.4, 0.5) is 10.1 Å². The molecule has 0 aliphatic carbocycles. The average molecular weight is 370 g/mol. The minimum Gasteiger partial charge on any atom is -0.497 e. The molecule has 2 aromatic rings. The van der Waals surface area contributed by atoms with Crippen LogP contribution in [-0.4, -0.2) is 49.9 Å². The molecule has 0 atom stereocenters. The van der Waals surface area contributed by atoms with E-state index in [-0.39, 0.29) is 30.1 Å². The first kappa shape index (κ1) is 18.9. The number of piperazine rings is 1. The number of anilines is 1. The molecular formula is C21H23FN2O3. The van der Waals surface area contributed by atoms with Crippen molar-refractivity contribution in [1.29, 1.82) is 0 Å². The summed E-state index contributed by atoms with van der Waals surface area (Å²) in [5.74, 6) is -0.123. The molecule has 1 saturated heterocycles. The van der Waals surface area contributed by atoms with E-state index in [0.717, 1.165) is 24.5 Å². The second-order valence-electron chi connectivity index (χ2n) is 6.47. The molecule has 0 saturated carbocycles. The van der Waals surface area contributed by atoms with E-state index in [1.54, 1.807) is 24.1 Å². The quantitative estimate of drug-likeness (QED) is 0.733. The van der Waals surface area contributed by atoms with Crippen molar-refractivity contribution in [2.75, 3.05) is 38.2 Å². The van der Waals surface area contributed by atoms with Crippen LogP contribution in [0.3, 0.4) is 0 Å². The Kier molecular flexibility index (Phi) is 6.06. The SMILES string of the molecule is COc1ccc(N2CCN(C(=O)CCC(=O)c3ccccc3F)CC2)cc1. The molecule has 1 fully saturated rings. The third-order valence-corrected chi connectivity index (χ3v) is 4.81. The molecule has 1 aliphatic heterocycles. The van der Waals surface area contributed by atoms with Gasteiger partial charge in [0.25, 0.3) is 0 Å². The molecule has 0 N–H and O–H groups in total. The predicted octanol–water partition coefficient (Wildman–Crippen LogP) is 3.15. The Morgan fingerprint density at radius 1 is 0.963 bits per heavy atom. The molecule has 0 spiro atoms. The first-order valence-electron chi connectivity index (χ1n) is 9.03. The fraction of sp³-hybridized carbons (Fsp3) is 0.333. The first-order chi connectivity index (χ1) is 13.1. The molecule has 27 heavy (non-hydrogen) atoms. The Morgan fingerprint density at radius 3 is 2.26 bits per heavy atom. The Labute approximate surface area is 158 Å². The molecule has 0 bridgehead atoms. The van der Waals surface area contributed by atoms with Gasteiger partial charge in [-0.1, -0.05) is 12.1 Å². The second-order valence-corrected chi connectivity index (χ2v) is 6.47. The van der Waals surface area contributed by atoms with Gasteiger partial charge in [-0.2, -0.15) is 0 Å². The van der Waals surface area contributed by atoms with Gasteiger partial charge in [0.15, 0.2) is 5.78 Å². The summed E-state index contributed by atoms with van der Waals surface area (Å²) in [7, 11) is 1.64. The molecule has 1 aliphatic rings. The zero-order valence-electron chi connectivity index (χ0n) is 15.4. The normalized spacial score (nSPS) is 14.1. The number of ether oxygens (including phenoxy) is 1. The Morgan fingerprint density at radius 2 is 1.63 bits per heavy atom. The number of methoxy groups -OCH3 is 1. The summed E-state index contributed by atoms with van der Waals surface area (Å²) in [6, 6.07) is 13.7. The lowest BCUT2D eigenvalue weighted by Gasteiger charge is -2.36. The highest BCUT2D eigenvalue weighted by Crippen LogP contribution is 2.21. The van der Waals surface area contributed by atoms with Crippen molar-refractivity contribution in [3.63, 3.8) is 0 Å². The van der Waals surface area contributed by atoms with Gasteiger partial charge in [-0.3, -0.25) is 9.59 Å². The van der Waals surface area contributed by atoms with Gasteiger partial charge in [0, 0.05) is 44.7 Å². The van der Waals surface area contributed by atoms with Crippen molar-refractivity contribution in [3.05, 3.63) is 59.9 Å². The molecule has 1 amide bonds. The van der Waals surface area contributed by atoms with Gasteiger partial charge >= 0.3 is 0 Å². The van der Waals surface area contributed by atoms with Gasteiger partial charge in [-0.15, -0.1) is 0 Å². The Bertz CT molecular complexity index is 799. The van der Waals surface area contributed by atoms with Crippen molar-refractivity contribution < 1.29 is 18.7 Å². The second kappa shape index (κ2) is 8.66. The molecule has 5 nitrogen and oxygen atoms in total. The summed E-state index contributed by atoms with van der Waals surface area (Å²) in [5, 5.41) is 0. The molecule has 0 aromatic heterocycles. The first-order valence-corrected chi connectivity index (χ1v) is 9.03. The highest BCUT2D eigenvalue weighted by atomic mass is 19.1. The van der Waals surface area contributed by atoms with E-state index in [1.807, 2.05) is 24.3 Å². The minimum absolute atomic E-state index is 0.0263. The van der Waals surface area contributed by atoms with E-state index >= 15 is 0 Å². The van der Waals surface area contributed by atoms with Crippen LogP contribution in [0.25, 0.3) is 0 Å². The van der Waals surface area contributed by atoms with Crippen molar-refractivity contribution in [3.8, 4) is 5.75 Å². The van der Waals surface area contributed by atoms with Crippen LogP contribution < -0.4 is 9.64 Å². The van der Waals surface area contributed by atoms with Crippen LogP contribution in [0.1, 0.15) is 23.2 Å². The molecule has 0 unspecified atom stereocenters. The number of hydrogen-bond acceptors (Lipinski definition) is 4. The monoisotopic (exact) mass is 370 g/mol. The lowest BCUT2D eigenvalue weighted by molar-refractivity contribution is -0.131. The van der Waals surface area contributed by atoms with Crippen LogP contribution in [-0.2, 0) is 4.79 Å². The van der Waals surface area contributed by atoms with Gasteiger partial charge in [-0.05, 0) is 36.4 Å². The zero-order valence-corrected chi connectivity index (χ0v) is 15.4. The topological polar surface area (TPSA) is 49.9 Å². The standard InChI is InChI=1S/C21H23FN2O3/c1-27-17-8-6-16(7-9-17)23-12-14-24(15-13-23)21(26)11-10-20(25)18-4-2-3-5-19(18)22/h2-9H,10-15H2,1H3. The van der Waals surface area contributed by atoms with E-state index < -0.39 is 5.82 Å². The summed E-state index contributed by atoms with van der Waals surface area (Å²) in [6.07, 6.45) is 0.133. The van der Waals surface area contributed by atoms with Gasteiger partial charge < -0.3 is 14.5 Å². The smallest absolute Gasteiger partial charge is 0.223 e. The Hall–Kier alpha value is -2.89. The van der Waals surface area contributed by atoms with Gasteiger partial charge in [-0.25, -0.2) is 4.39 Å². The average Bonchev–Trinajstić information content (AvgIpc) is 2.72. The molecular weight excluding hydrogens is 347 g/mol. The summed E-state index contributed by atoms with van der Waals surface area (Å²) in [5.41, 5.74) is 1.15. The van der Waals surface area contributed by atoms with Crippen LogP contribution in [0, 0.1) is 5.82 Å². The lowest BCUT2D eigenvalue weighted by Crippen LogP contribution is -2.48. The number of hydrogen-bond donors (Lipinski definition) is 0. The Balaban J connectivity index is 1.48. The summed E-state index contributed by atoms with van der Waals surface area (Å²) < 4.78 is 18.8. The maximum atomic E-state index is 13.6. The molecule has 6 heteroatoms. The summed E-state index contributed by atoms with van der Waals surface area (Å²) in [6.45, 7) is 2.69. The highest BCUT2D eigenvalue weighted by molar-refractivity contribution is 5.98. The molecule has 0 radical (unpaired) electrons. The summed E-state index contributed by atoms with van der Waals surface area (Å²) >= 11 is 0. The number of nitrogens with zero attached hydrogens (tertiary/aromatic N) is 2. The molecule has 2 aromatic carbocycles. The van der Waals surface area contributed by atoms with E-state index in [4.69, 9.17) is 4.74 Å². The van der Waals surface area contributed by atoms with E-state index in [9.17, 15) is 14.0 Å². The number of Topliss-reactive ketones (excluding diaryl/α,β-unsaturated/α-hetero) is 1. The predicted molar refractivity (Wildman–Crippen MR) is 102 cm³/mol. The van der Waals surface area contributed by atoms with Crippen LogP contribution >= 0.6 is 0 Å². The van der Waals surface area contributed by atoms with Crippen molar-refractivity contribution >= 4 is 17.4 Å². The number of halogens is 1. The zero-order chi connectivity index (χ0) is 19.2. The lowest BCUT2D eigenvalue weighted by atomic mass is 10.1. The number of carbonyl (C=O) groups excluding carboxylic acids is 2. The van der Waals surface area contributed by atoms with E-state index in [0.29, 0.717) is 13.1 Å². The minimum atomic E-state index is -0.539. The number of benzene rings is 2. The van der Waals surface area contributed by atoms with Gasteiger partial charge in [0.1, 0.15) is 11.6 Å². The molecule has 142 valence electrons. The van der Waals surface area contributed by atoms with Crippen LogP contribution in [0.2, 0.25) is 0 Å². The summed E-state index contributed by atoms with van der Waals surface area (Å²) in [4.78, 5) is 28.5. The number of carbonyl (C=O) groups is 2. The highest BCUT2D eigenvalue weighted by Gasteiger charge is 2.22. The number of amides is 1. The van der Waals surface area contributed by atoms with Crippen molar-refractivity contribution in [2.45, 2.75) is 12.8 Å². The fourth-order valence-electron chi connectivity index (χ4n) is 3.21. The third kappa shape index (κ3) is 4.64. The van der Waals surface area contributed by atoms with Gasteiger partial charge in [0.05, 0.1) is 12.7 Å².